The summed E-state index contributed by atoms with van der Waals surface area (Å²) in [7, 11) is 1.72. The fourth-order valence-corrected chi connectivity index (χ4v) is 9.08. The fraction of sp³-hybridized carbons (Fsp3) is 0.551. The Balaban J connectivity index is 1.28. The minimum Gasteiger partial charge on any atom is -0.480 e. The van der Waals surface area contributed by atoms with Crippen molar-refractivity contribution in [1.82, 2.24) is 30.2 Å². The number of carbonyl (C=O) groups is 3. The number of benzene rings is 2. The molecule has 14 heteroatoms. The molecule has 3 fully saturated rings. The van der Waals surface area contributed by atoms with Crippen LogP contribution in [0.4, 0.5) is 10.5 Å². The first-order chi connectivity index (χ1) is 30.0. The maximum Gasteiger partial charge on any atom is 0.408 e. The van der Waals surface area contributed by atoms with Crippen molar-refractivity contribution in [1.29, 1.82) is 0 Å². The number of aromatic nitrogens is 2. The summed E-state index contributed by atoms with van der Waals surface area (Å²) in [6, 6.07) is 15.6. The predicted molar refractivity (Wildman–Crippen MR) is 245 cm³/mol. The number of rotatable bonds is 15. The number of hydrogen-bond acceptors (Lipinski definition) is 10. The van der Waals surface area contributed by atoms with Gasteiger partial charge in [0.05, 0.1) is 29.4 Å². The van der Waals surface area contributed by atoms with Crippen LogP contribution >= 0.6 is 0 Å². The Labute approximate surface area is 371 Å². The summed E-state index contributed by atoms with van der Waals surface area (Å²) in [6.45, 7) is 18.7. The number of piperazine rings is 1. The standard InChI is InChI=1S/C49H67N7O7/c1-9-55-42-18-15-34(33-13-10-12-32(24-33)25-41(51-47(61)63-48(3,4)5)45(58)56-19-11-14-40(52-56)46(59)60)26-37(42)39(28-49(6,7)30-57)44(55)38-27-36(29-50-43(38)31(2)62-8)54-22-20-53(21-23-54)35-16-17-35/h10,12-13,15,18,24,26-27,29,31,35,40-41,52,57H,9,11,14,16-17,19-23,25,28,30H2,1-8H3,(H,51,61)(H,59,60)/t31-,40?,41?/m0/s1. The summed E-state index contributed by atoms with van der Waals surface area (Å²) in [4.78, 5) is 49.2. The zero-order valence-electron chi connectivity index (χ0n) is 38.4. The molecule has 3 atom stereocenters. The Hall–Kier alpha value is -5.02. The number of aryl methyl sites for hydroxylation is 1. The minimum atomic E-state index is -1.04. The van der Waals surface area contributed by atoms with Gasteiger partial charge in [-0.15, -0.1) is 0 Å². The molecular weight excluding hydrogens is 799 g/mol. The highest BCUT2D eigenvalue weighted by molar-refractivity contribution is 5.96. The molecule has 7 rings (SSSR count). The average molecular weight is 866 g/mol. The number of carboxylic acids is 1. The van der Waals surface area contributed by atoms with E-state index in [1.807, 2.05) is 37.4 Å². The van der Waals surface area contributed by atoms with Crippen molar-refractivity contribution >= 4 is 34.6 Å². The van der Waals surface area contributed by atoms with Crippen LogP contribution in [0.1, 0.15) is 97.1 Å². The van der Waals surface area contributed by atoms with Gasteiger partial charge in [0.1, 0.15) is 17.7 Å². The molecule has 4 aromatic rings. The molecule has 0 bridgehead atoms. The minimum absolute atomic E-state index is 0.0129. The molecule has 2 aromatic carbocycles. The Morgan fingerprint density at radius 3 is 2.35 bits per heavy atom. The second-order valence-electron chi connectivity index (χ2n) is 19.3. The van der Waals surface area contributed by atoms with E-state index < -0.39 is 41.1 Å². The van der Waals surface area contributed by atoms with E-state index in [9.17, 15) is 24.6 Å². The third-order valence-corrected chi connectivity index (χ3v) is 12.6. The third kappa shape index (κ3) is 10.7. The second-order valence-corrected chi connectivity index (χ2v) is 19.3. The predicted octanol–water partition coefficient (Wildman–Crippen LogP) is 6.96. The quantitative estimate of drug-likeness (QED) is 0.0978. The molecule has 2 unspecified atom stereocenters. The fourth-order valence-electron chi connectivity index (χ4n) is 9.08. The zero-order chi connectivity index (χ0) is 45.2. The van der Waals surface area contributed by atoms with E-state index in [1.165, 1.54) is 17.9 Å². The monoisotopic (exact) mass is 866 g/mol. The van der Waals surface area contributed by atoms with Crippen LogP contribution in [0.2, 0.25) is 0 Å². The Kier molecular flexibility index (Phi) is 13.9. The van der Waals surface area contributed by atoms with Crippen LogP contribution < -0.4 is 15.6 Å². The number of aliphatic hydroxyl groups excluding tert-OH is 1. The van der Waals surface area contributed by atoms with Crippen LogP contribution in [0.25, 0.3) is 33.3 Å². The number of fused-ring (bicyclic) bond motifs is 1. The van der Waals surface area contributed by atoms with Crippen molar-refractivity contribution in [3.05, 3.63) is 71.5 Å². The van der Waals surface area contributed by atoms with E-state index in [4.69, 9.17) is 14.5 Å². The number of aliphatic carboxylic acids is 1. The molecule has 1 aliphatic carbocycles. The molecule has 340 valence electrons. The number of aliphatic hydroxyl groups is 1. The van der Waals surface area contributed by atoms with Gasteiger partial charge in [-0.25, -0.2) is 10.2 Å². The normalized spacial score (nSPS) is 18.7. The molecule has 3 aliphatic rings. The smallest absolute Gasteiger partial charge is 0.408 e. The number of carboxylic acid groups (broad SMARTS) is 1. The van der Waals surface area contributed by atoms with Crippen molar-refractivity contribution in [2.24, 2.45) is 5.41 Å². The van der Waals surface area contributed by atoms with Gasteiger partial charge in [0, 0.05) is 81.9 Å². The highest BCUT2D eigenvalue weighted by atomic mass is 16.6. The van der Waals surface area contributed by atoms with Gasteiger partial charge >= 0.3 is 12.1 Å². The van der Waals surface area contributed by atoms with Gasteiger partial charge in [0.25, 0.3) is 5.91 Å². The number of carbonyl (C=O) groups excluding carboxylic acids is 2. The summed E-state index contributed by atoms with van der Waals surface area (Å²) in [6.07, 6.45) is 5.29. The van der Waals surface area contributed by atoms with Gasteiger partial charge in [-0.1, -0.05) is 44.2 Å². The number of methoxy groups -OCH3 is 1. The first kappa shape index (κ1) is 46.0. The highest BCUT2D eigenvalue weighted by Crippen LogP contribution is 2.43. The summed E-state index contributed by atoms with van der Waals surface area (Å²) >= 11 is 0. The van der Waals surface area contributed by atoms with Crippen LogP contribution in [-0.4, -0.2) is 118 Å². The summed E-state index contributed by atoms with van der Waals surface area (Å²) < 4.78 is 13.9. The number of anilines is 1. The molecule has 2 aromatic heterocycles. The first-order valence-electron chi connectivity index (χ1n) is 22.7. The van der Waals surface area contributed by atoms with E-state index in [2.05, 4.69) is 70.1 Å². The molecule has 2 aliphatic heterocycles. The van der Waals surface area contributed by atoms with Crippen LogP contribution in [-0.2, 0) is 38.4 Å². The molecule has 2 saturated heterocycles. The van der Waals surface area contributed by atoms with E-state index in [1.54, 1.807) is 27.9 Å². The number of amides is 2. The van der Waals surface area contributed by atoms with Gasteiger partial charge < -0.3 is 34.5 Å². The van der Waals surface area contributed by atoms with Gasteiger partial charge in [0.15, 0.2) is 0 Å². The molecule has 1 saturated carbocycles. The van der Waals surface area contributed by atoms with Crippen molar-refractivity contribution in [3.8, 4) is 22.4 Å². The SMILES string of the molecule is CCn1c(-c2cc(N3CCN(C4CC4)CC3)cnc2[C@H](C)OC)c(CC(C)(C)CO)c2cc(-c3cccc(CC(NC(=O)OC(C)(C)C)C(=O)N4CCCC(C(=O)O)N4)c3)ccc21. The number of alkyl carbamates (subject to hydrolysis) is 1. The lowest BCUT2D eigenvalue weighted by Gasteiger charge is -2.36. The van der Waals surface area contributed by atoms with Gasteiger partial charge in [0.2, 0.25) is 0 Å². The number of hydrazine groups is 1. The number of nitrogens with zero attached hydrogens (tertiary/aromatic N) is 5. The van der Waals surface area contributed by atoms with Crippen molar-refractivity contribution in [2.45, 2.75) is 123 Å². The first-order valence-corrected chi connectivity index (χ1v) is 22.7. The maximum atomic E-state index is 14.0. The van der Waals surface area contributed by atoms with Gasteiger partial charge in [-0.3, -0.25) is 24.5 Å². The van der Waals surface area contributed by atoms with Crippen molar-refractivity contribution in [2.75, 3.05) is 51.3 Å². The molecule has 4 N–H and O–H groups in total. The molecule has 14 nitrogen and oxygen atoms in total. The number of ether oxygens (including phenoxy) is 2. The molecule has 63 heavy (non-hydrogen) atoms. The Morgan fingerprint density at radius 2 is 1.70 bits per heavy atom. The number of nitrogens with one attached hydrogen (secondary N) is 2. The molecule has 0 radical (unpaired) electrons. The van der Waals surface area contributed by atoms with Gasteiger partial charge in [-0.05, 0) is 113 Å². The lowest BCUT2D eigenvalue weighted by atomic mass is 9.84. The molecule has 0 spiro atoms. The van der Waals surface area contributed by atoms with E-state index in [-0.39, 0.29) is 19.1 Å². The zero-order valence-corrected chi connectivity index (χ0v) is 38.4. The third-order valence-electron chi connectivity index (χ3n) is 12.6. The second kappa shape index (κ2) is 19.0. The van der Waals surface area contributed by atoms with E-state index >= 15 is 0 Å². The van der Waals surface area contributed by atoms with Crippen LogP contribution in [0, 0.1) is 5.41 Å². The number of hydrogen-bond donors (Lipinski definition) is 4. The van der Waals surface area contributed by atoms with Gasteiger partial charge in [-0.2, -0.15) is 0 Å². The van der Waals surface area contributed by atoms with Crippen LogP contribution in [0.5, 0.6) is 0 Å². The van der Waals surface area contributed by atoms with Crippen LogP contribution in [0.3, 0.4) is 0 Å². The summed E-state index contributed by atoms with van der Waals surface area (Å²) in [5, 5.41) is 25.5. The summed E-state index contributed by atoms with van der Waals surface area (Å²) in [5.74, 6) is -1.48. The Morgan fingerprint density at radius 1 is 0.968 bits per heavy atom. The topological polar surface area (TPSA) is 162 Å². The molecular formula is C49H67N7O7. The largest absolute Gasteiger partial charge is 0.480 e. The van der Waals surface area contributed by atoms with E-state index in [0.29, 0.717) is 32.4 Å². The number of pyridine rings is 1. The van der Waals surface area contributed by atoms with Crippen LogP contribution in [0.15, 0.2) is 54.7 Å². The van der Waals surface area contributed by atoms with Crippen molar-refractivity contribution < 1.29 is 34.1 Å². The highest BCUT2D eigenvalue weighted by Gasteiger charge is 2.35. The molecule has 2 amide bonds. The average Bonchev–Trinajstić information content (AvgIpc) is 4.08. The lowest BCUT2D eigenvalue weighted by Crippen LogP contribution is -2.60. The molecule has 4 heterocycles. The summed E-state index contributed by atoms with van der Waals surface area (Å²) in [5.41, 5.74) is 10.6. The maximum absolute atomic E-state index is 14.0. The lowest BCUT2D eigenvalue weighted by molar-refractivity contribution is -0.147. The van der Waals surface area contributed by atoms with E-state index in [0.717, 1.165) is 88.0 Å². The Bertz CT molecular complexity index is 2290. The van der Waals surface area contributed by atoms with Crippen molar-refractivity contribution in [3.63, 3.8) is 0 Å².